The first-order chi connectivity index (χ1) is 7.05. The molecule has 0 aromatic heterocycles. The summed E-state index contributed by atoms with van der Waals surface area (Å²) in [5.41, 5.74) is 0.0378. The largest absolute Gasteiger partial charge is 0.356 e. The molecule has 2 heterocycles. The van der Waals surface area contributed by atoms with Crippen molar-refractivity contribution < 1.29 is 4.74 Å². The molecule has 0 aliphatic carbocycles. The third-order valence-electron chi connectivity index (χ3n) is 3.60. The van der Waals surface area contributed by atoms with Crippen molar-refractivity contribution in [3.8, 4) is 0 Å². The number of hydrogen-bond donors (Lipinski definition) is 1. The van der Waals surface area contributed by atoms with E-state index >= 15 is 0 Å². The number of hydrogen-bond acceptors (Lipinski definition) is 3. The van der Waals surface area contributed by atoms with Gasteiger partial charge in [0.05, 0.1) is 5.60 Å². The lowest BCUT2D eigenvalue weighted by Crippen LogP contribution is -2.34. The summed E-state index contributed by atoms with van der Waals surface area (Å²) in [7, 11) is 2.21. The Bertz CT molecular complexity index is 210. The van der Waals surface area contributed by atoms with Crippen LogP contribution in [-0.4, -0.2) is 43.4 Å². The molecule has 0 saturated carbocycles. The van der Waals surface area contributed by atoms with Crippen LogP contribution in [0, 0.1) is 5.92 Å². The van der Waals surface area contributed by atoms with Crippen molar-refractivity contribution in [3.05, 3.63) is 0 Å². The van der Waals surface area contributed by atoms with Crippen molar-refractivity contribution in [1.82, 2.24) is 10.2 Å². The van der Waals surface area contributed by atoms with E-state index in [0.29, 0.717) is 6.23 Å². The van der Waals surface area contributed by atoms with Gasteiger partial charge in [0.1, 0.15) is 6.23 Å². The molecule has 1 unspecified atom stereocenters. The molecule has 15 heavy (non-hydrogen) atoms. The fourth-order valence-corrected chi connectivity index (χ4v) is 2.56. The second kappa shape index (κ2) is 4.40. The summed E-state index contributed by atoms with van der Waals surface area (Å²) in [5, 5.41) is 3.47. The first-order valence-corrected chi connectivity index (χ1v) is 6.15. The van der Waals surface area contributed by atoms with E-state index < -0.39 is 0 Å². The van der Waals surface area contributed by atoms with Crippen LogP contribution in [0.1, 0.15) is 33.1 Å². The van der Waals surface area contributed by atoms with Gasteiger partial charge in [0.15, 0.2) is 0 Å². The SMILES string of the molecule is CN1CCC(CC2NCC(C)(C)O2)CC1. The molecule has 2 aliphatic rings. The van der Waals surface area contributed by atoms with Gasteiger partial charge in [-0.3, -0.25) is 5.32 Å². The number of nitrogens with one attached hydrogen (secondary N) is 1. The number of nitrogens with zero attached hydrogens (tertiary/aromatic N) is 1. The lowest BCUT2D eigenvalue weighted by molar-refractivity contribution is -0.0280. The molecule has 1 N–H and O–H groups in total. The summed E-state index contributed by atoms with van der Waals surface area (Å²) in [6.07, 6.45) is 4.15. The van der Waals surface area contributed by atoms with E-state index in [-0.39, 0.29) is 5.60 Å². The summed E-state index contributed by atoms with van der Waals surface area (Å²) in [5.74, 6) is 0.854. The van der Waals surface area contributed by atoms with Gasteiger partial charge in [-0.05, 0) is 59.2 Å². The fourth-order valence-electron chi connectivity index (χ4n) is 2.56. The highest BCUT2D eigenvalue weighted by molar-refractivity contribution is 4.83. The average molecular weight is 212 g/mol. The molecule has 1 atom stereocenters. The first-order valence-electron chi connectivity index (χ1n) is 6.15. The van der Waals surface area contributed by atoms with E-state index in [1.807, 2.05) is 0 Å². The van der Waals surface area contributed by atoms with E-state index in [1.54, 1.807) is 0 Å². The van der Waals surface area contributed by atoms with Crippen molar-refractivity contribution >= 4 is 0 Å². The van der Waals surface area contributed by atoms with Gasteiger partial charge in [-0.2, -0.15) is 0 Å². The second-order valence-electron chi connectivity index (χ2n) is 5.73. The molecule has 3 nitrogen and oxygen atoms in total. The van der Waals surface area contributed by atoms with Crippen LogP contribution in [-0.2, 0) is 4.74 Å². The fraction of sp³-hybridized carbons (Fsp3) is 1.00. The van der Waals surface area contributed by atoms with Crippen molar-refractivity contribution in [2.45, 2.75) is 44.9 Å². The molecule has 0 aromatic carbocycles. The van der Waals surface area contributed by atoms with Gasteiger partial charge in [0, 0.05) is 6.54 Å². The summed E-state index contributed by atoms with van der Waals surface area (Å²) < 4.78 is 5.95. The number of piperidine rings is 1. The lowest BCUT2D eigenvalue weighted by atomic mass is 9.93. The van der Waals surface area contributed by atoms with Crippen molar-refractivity contribution in [2.24, 2.45) is 5.92 Å². The molecule has 2 fully saturated rings. The molecule has 0 amide bonds. The predicted octanol–water partition coefficient (Wildman–Crippen LogP) is 1.44. The lowest BCUT2D eigenvalue weighted by Gasteiger charge is -2.30. The molecule has 88 valence electrons. The number of likely N-dealkylation sites (tertiary alicyclic amines) is 1. The van der Waals surface area contributed by atoms with E-state index in [2.05, 4.69) is 31.1 Å². The Morgan fingerprint density at radius 3 is 2.53 bits per heavy atom. The Kier molecular flexibility index (Phi) is 3.33. The minimum absolute atomic E-state index is 0.0378. The molecule has 0 aromatic rings. The highest BCUT2D eigenvalue weighted by Crippen LogP contribution is 2.26. The Labute approximate surface area is 93.2 Å². The molecular formula is C12H24N2O. The van der Waals surface area contributed by atoms with Crippen LogP contribution < -0.4 is 5.32 Å². The van der Waals surface area contributed by atoms with Gasteiger partial charge in [0.2, 0.25) is 0 Å². The maximum absolute atomic E-state index is 5.95. The monoisotopic (exact) mass is 212 g/mol. The Morgan fingerprint density at radius 2 is 2.00 bits per heavy atom. The average Bonchev–Trinajstić information content (AvgIpc) is 2.50. The highest BCUT2D eigenvalue weighted by Gasteiger charge is 2.32. The van der Waals surface area contributed by atoms with Gasteiger partial charge in [-0.15, -0.1) is 0 Å². The zero-order valence-corrected chi connectivity index (χ0v) is 10.3. The van der Waals surface area contributed by atoms with Gasteiger partial charge >= 0.3 is 0 Å². The normalized spacial score (nSPS) is 33.4. The maximum atomic E-state index is 5.95. The zero-order valence-electron chi connectivity index (χ0n) is 10.3. The minimum Gasteiger partial charge on any atom is -0.356 e. The molecule has 2 aliphatic heterocycles. The number of rotatable bonds is 2. The quantitative estimate of drug-likeness (QED) is 0.749. The zero-order chi connectivity index (χ0) is 10.9. The van der Waals surface area contributed by atoms with Crippen LogP contribution >= 0.6 is 0 Å². The van der Waals surface area contributed by atoms with E-state index in [9.17, 15) is 0 Å². The summed E-state index contributed by atoms with van der Waals surface area (Å²) in [6.45, 7) is 7.81. The van der Waals surface area contributed by atoms with E-state index in [4.69, 9.17) is 4.74 Å². The summed E-state index contributed by atoms with van der Waals surface area (Å²) in [4.78, 5) is 2.42. The minimum atomic E-state index is 0.0378. The molecule has 2 saturated heterocycles. The predicted molar refractivity (Wildman–Crippen MR) is 61.8 cm³/mol. The van der Waals surface area contributed by atoms with Crippen molar-refractivity contribution in [3.63, 3.8) is 0 Å². The van der Waals surface area contributed by atoms with Crippen LogP contribution in [0.25, 0.3) is 0 Å². The van der Waals surface area contributed by atoms with E-state index in [1.165, 1.54) is 32.4 Å². The topological polar surface area (TPSA) is 24.5 Å². The Morgan fingerprint density at radius 1 is 1.33 bits per heavy atom. The molecule has 2 rings (SSSR count). The second-order valence-corrected chi connectivity index (χ2v) is 5.73. The third kappa shape index (κ3) is 3.16. The third-order valence-corrected chi connectivity index (χ3v) is 3.60. The number of ether oxygens (including phenoxy) is 1. The highest BCUT2D eigenvalue weighted by atomic mass is 16.5. The van der Waals surface area contributed by atoms with Crippen molar-refractivity contribution in [1.29, 1.82) is 0 Å². The Balaban J connectivity index is 1.74. The van der Waals surface area contributed by atoms with Crippen LogP contribution in [0.3, 0.4) is 0 Å². The standard InChI is InChI=1S/C12H24N2O/c1-12(2)9-13-11(15-12)8-10-4-6-14(3)7-5-10/h10-11,13H,4-9H2,1-3H3. The summed E-state index contributed by atoms with van der Waals surface area (Å²) >= 11 is 0. The van der Waals surface area contributed by atoms with Crippen LogP contribution in [0.2, 0.25) is 0 Å². The molecule has 0 radical (unpaired) electrons. The van der Waals surface area contributed by atoms with Gasteiger partial charge in [-0.25, -0.2) is 0 Å². The van der Waals surface area contributed by atoms with Crippen LogP contribution in [0.15, 0.2) is 0 Å². The van der Waals surface area contributed by atoms with Crippen LogP contribution in [0.5, 0.6) is 0 Å². The molecule has 0 bridgehead atoms. The first kappa shape index (κ1) is 11.4. The Hall–Kier alpha value is -0.120. The van der Waals surface area contributed by atoms with Gasteiger partial charge in [0.25, 0.3) is 0 Å². The summed E-state index contributed by atoms with van der Waals surface area (Å²) in [6, 6.07) is 0. The molecule has 3 heteroatoms. The van der Waals surface area contributed by atoms with Crippen LogP contribution in [0.4, 0.5) is 0 Å². The van der Waals surface area contributed by atoms with Gasteiger partial charge < -0.3 is 9.64 Å². The molecule has 0 spiro atoms. The smallest absolute Gasteiger partial charge is 0.109 e. The van der Waals surface area contributed by atoms with Gasteiger partial charge in [-0.1, -0.05) is 0 Å². The van der Waals surface area contributed by atoms with Crippen molar-refractivity contribution in [2.75, 3.05) is 26.7 Å². The maximum Gasteiger partial charge on any atom is 0.109 e. The van der Waals surface area contributed by atoms with E-state index in [0.717, 1.165) is 12.5 Å². The molecular weight excluding hydrogens is 188 g/mol.